The first-order valence-corrected chi connectivity index (χ1v) is 7.59. The van der Waals surface area contributed by atoms with Gasteiger partial charge >= 0.3 is 0 Å². The van der Waals surface area contributed by atoms with Crippen LogP contribution in [0.15, 0.2) is 36.5 Å². The number of nitrogens with zero attached hydrogens (tertiary/aromatic N) is 3. The van der Waals surface area contributed by atoms with E-state index in [1.807, 2.05) is 25.2 Å². The fourth-order valence-corrected chi connectivity index (χ4v) is 2.60. The summed E-state index contributed by atoms with van der Waals surface area (Å²) in [7, 11) is 6.10. The fraction of sp³-hybridized carbons (Fsp3) is 0.471. The standard InChI is InChI=1S/C17H26N4/c1-5-9-16(14-10-7-6-8-11-14)18-12-15-13-19-17(20(2)3)21(15)4/h6-8,10-11,13,16,18H,5,9,12H2,1-4H3. The molecule has 0 aliphatic heterocycles. The van der Waals surface area contributed by atoms with E-state index in [-0.39, 0.29) is 0 Å². The van der Waals surface area contributed by atoms with Crippen LogP contribution in [0.2, 0.25) is 0 Å². The Morgan fingerprint density at radius 3 is 2.52 bits per heavy atom. The molecule has 0 aliphatic carbocycles. The van der Waals surface area contributed by atoms with Gasteiger partial charge in [-0.05, 0) is 12.0 Å². The van der Waals surface area contributed by atoms with Gasteiger partial charge in [-0.1, -0.05) is 43.7 Å². The lowest BCUT2D eigenvalue weighted by Gasteiger charge is -2.19. The Hall–Kier alpha value is -1.81. The smallest absolute Gasteiger partial charge is 0.204 e. The second kappa shape index (κ2) is 7.27. The average Bonchev–Trinajstić information content (AvgIpc) is 2.85. The zero-order chi connectivity index (χ0) is 15.2. The molecular weight excluding hydrogens is 260 g/mol. The van der Waals surface area contributed by atoms with Gasteiger partial charge in [-0.3, -0.25) is 0 Å². The molecule has 0 radical (unpaired) electrons. The van der Waals surface area contributed by atoms with Crippen LogP contribution in [0, 0.1) is 0 Å². The lowest BCUT2D eigenvalue weighted by molar-refractivity contribution is 0.485. The summed E-state index contributed by atoms with van der Waals surface area (Å²) in [4.78, 5) is 6.49. The first-order valence-electron chi connectivity index (χ1n) is 7.59. The predicted octanol–water partition coefficient (Wildman–Crippen LogP) is 3.12. The van der Waals surface area contributed by atoms with Crippen molar-refractivity contribution in [2.45, 2.75) is 32.4 Å². The number of rotatable bonds is 7. The first-order chi connectivity index (χ1) is 10.1. The van der Waals surface area contributed by atoms with Crippen LogP contribution >= 0.6 is 0 Å². The van der Waals surface area contributed by atoms with Gasteiger partial charge in [-0.2, -0.15) is 0 Å². The van der Waals surface area contributed by atoms with Gasteiger partial charge in [0, 0.05) is 33.7 Å². The van der Waals surface area contributed by atoms with E-state index < -0.39 is 0 Å². The number of imidazole rings is 1. The van der Waals surface area contributed by atoms with E-state index in [4.69, 9.17) is 0 Å². The van der Waals surface area contributed by atoms with Crippen molar-refractivity contribution in [3.8, 4) is 0 Å². The highest BCUT2D eigenvalue weighted by Gasteiger charge is 2.12. The average molecular weight is 286 g/mol. The molecule has 1 heterocycles. The Morgan fingerprint density at radius 1 is 1.24 bits per heavy atom. The molecule has 2 rings (SSSR count). The molecule has 0 saturated carbocycles. The van der Waals surface area contributed by atoms with Crippen molar-refractivity contribution in [1.29, 1.82) is 0 Å². The largest absolute Gasteiger partial charge is 0.348 e. The number of anilines is 1. The van der Waals surface area contributed by atoms with Gasteiger partial charge in [0.25, 0.3) is 0 Å². The third kappa shape index (κ3) is 3.85. The third-order valence-electron chi connectivity index (χ3n) is 3.77. The zero-order valence-corrected chi connectivity index (χ0v) is 13.5. The molecule has 0 bridgehead atoms. The van der Waals surface area contributed by atoms with E-state index >= 15 is 0 Å². The quantitative estimate of drug-likeness (QED) is 0.849. The molecule has 114 valence electrons. The summed E-state index contributed by atoms with van der Waals surface area (Å²) >= 11 is 0. The zero-order valence-electron chi connectivity index (χ0n) is 13.5. The topological polar surface area (TPSA) is 33.1 Å². The molecule has 1 aromatic carbocycles. The monoisotopic (exact) mass is 286 g/mol. The summed E-state index contributed by atoms with van der Waals surface area (Å²) in [6.45, 7) is 3.06. The van der Waals surface area contributed by atoms with Crippen LogP contribution in [-0.2, 0) is 13.6 Å². The van der Waals surface area contributed by atoms with E-state index in [0.717, 1.165) is 18.9 Å². The Labute approximate surface area is 127 Å². The summed E-state index contributed by atoms with van der Waals surface area (Å²) in [6.07, 6.45) is 4.26. The molecule has 4 nitrogen and oxygen atoms in total. The molecule has 1 atom stereocenters. The lowest BCUT2D eigenvalue weighted by Crippen LogP contribution is -2.22. The molecule has 0 amide bonds. The molecule has 1 aromatic heterocycles. The molecule has 2 aromatic rings. The molecule has 1 unspecified atom stereocenters. The minimum atomic E-state index is 0.397. The van der Waals surface area contributed by atoms with E-state index in [2.05, 4.69) is 59.2 Å². The Kier molecular flexibility index (Phi) is 5.39. The molecule has 4 heteroatoms. The first kappa shape index (κ1) is 15.6. The second-order valence-electron chi connectivity index (χ2n) is 5.64. The summed E-state index contributed by atoms with van der Waals surface area (Å²) in [5, 5.41) is 3.67. The van der Waals surface area contributed by atoms with Gasteiger partial charge in [0.1, 0.15) is 0 Å². The van der Waals surface area contributed by atoms with Crippen LogP contribution in [0.4, 0.5) is 5.95 Å². The molecule has 0 fully saturated rings. The maximum atomic E-state index is 4.46. The van der Waals surface area contributed by atoms with E-state index in [1.54, 1.807) is 0 Å². The second-order valence-corrected chi connectivity index (χ2v) is 5.64. The molecule has 0 spiro atoms. The van der Waals surface area contributed by atoms with Crippen LogP contribution in [0.5, 0.6) is 0 Å². The molecule has 21 heavy (non-hydrogen) atoms. The number of aromatic nitrogens is 2. The van der Waals surface area contributed by atoms with E-state index in [1.165, 1.54) is 17.7 Å². The van der Waals surface area contributed by atoms with Gasteiger partial charge in [0.15, 0.2) is 0 Å². The highest BCUT2D eigenvalue weighted by atomic mass is 15.3. The van der Waals surface area contributed by atoms with Crippen molar-refractivity contribution < 1.29 is 0 Å². The summed E-state index contributed by atoms with van der Waals surface area (Å²) in [5.41, 5.74) is 2.56. The Balaban J connectivity index is 2.06. The minimum Gasteiger partial charge on any atom is -0.348 e. The van der Waals surface area contributed by atoms with E-state index in [0.29, 0.717) is 6.04 Å². The Morgan fingerprint density at radius 2 is 1.95 bits per heavy atom. The van der Waals surface area contributed by atoms with E-state index in [9.17, 15) is 0 Å². The van der Waals surface area contributed by atoms with Gasteiger partial charge in [0.2, 0.25) is 5.95 Å². The van der Waals surface area contributed by atoms with Crippen molar-refractivity contribution >= 4 is 5.95 Å². The number of benzene rings is 1. The summed E-state index contributed by atoms with van der Waals surface area (Å²) in [5.74, 6) is 0.985. The van der Waals surface area contributed by atoms with Gasteiger partial charge in [-0.15, -0.1) is 0 Å². The van der Waals surface area contributed by atoms with Crippen molar-refractivity contribution in [2.75, 3.05) is 19.0 Å². The van der Waals surface area contributed by atoms with Crippen molar-refractivity contribution in [1.82, 2.24) is 14.9 Å². The van der Waals surface area contributed by atoms with Crippen LogP contribution in [0.1, 0.15) is 37.1 Å². The fourth-order valence-electron chi connectivity index (χ4n) is 2.60. The van der Waals surface area contributed by atoms with Gasteiger partial charge < -0.3 is 14.8 Å². The highest BCUT2D eigenvalue weighted by molar-refractivity contribution is 5.31. The highest BCUT2D eigenvalue weighted by Crippen LogP contribution is 2.19. The van der Waals surface area contributed by atoms with Crippen LogP contribution < -0.4 is 10.2 Å². The van der Waals surface area contributed by atoms with Crippen LogP contribution in [0.3, 0.4) is 0 Å². The summed E-state index contributed by atoms with van der Waals surface area (Å²) < 4.78 is 2.14. The van der Waals surface area contributed by atoms with Crippen molar-refractivity contribution in [3.63, 3.8) is 0 Å². The SMILES string of the molecule is CCCC(NCc1cnc(N(C)C)n1C)c1ccccc1. The minimum absolute atomic E-state index is 0.397. The van der Waals surface area contributed by atoms with Gasteiger partial charge in [0.05, 0.1) is 11.9 Å². The van der Waals surface area contributed by atoms with Crippen LogP contribution in [-0.4, -0.2) is 23.6 Å². The lowest BCUT2D eigenvalue weighted by atomic mass is 10.0. The number of hydrogen-bond acceptors (Lipinski definition) is 3. The predicted molar refractivity (Wildman–Crippen MR) is 88.5 cm³/mol. The third-order valence-corrected chi connectivity index (χ3v) is 3.77. The number of hydrogen-bond donors (Lipinski definition) is 1. The molecule has 0 saturated heterocycles. The van der Waals surface area contributed by atoms with Crippen molar-refractivity contribution in [2.24, 2.45) is 7.05 Å². The Bertz CT molecular complexity index is 545. The van der Waals surface area contributed by atoms with Crippen molar-refractivity contribution in [3.05, 3.63) is 47.8 Å². The molecule has 1 N–H and O–H groups in total. The maximum absolute atomic E-state index is 4.46. The number of nitrogens with one attached hydrogen (secondary N) is 1. The molecular formula is C17H26N4. The summed E-state index contributed by atoms with van der Waals surface area (Å²) in [6, 6.07) is 11.1. The van der Waals surface area contributed by atoms with Gasteiger partial charge in [-0.25, -0.2) is 4.98 Å². The molecule has 0 aliphatic rings. The normalized spacial score (nSPS) is 12.4. The van der Waals surface area contributed by atoms with Crippen LogP contribution in [0.25, 0.3) is 0 Å². The maximum Gasteiger partial charge on any atom is 0.204 e.